The van der Waals surface area contributed by atoms with Crippen molar-refractivity contribution in [2.75, 3.05) is 0 Å². The minimum absolute atomic E-state index is 0. The predicted molar refractivity (Wildman–Crippen MR) is 67.2 cm³/mol. The summed E-state index contributed by atoms with van der Waals surface area (Å²) in [6, 6.07) is 0. The van der Waals surface area contributed by atoms with Gasteiger partial charge in [0.05, 0.1) is 0 Å². The summed E-state index contributed by atoms with van der Waals surface area (Å²) < 4.78 is 3.80. The Labute approximate surface area is 127 Å². The summed E-state index contributed by atoms with van der Waals surface area (Å²) >= 11 is -1.30. The van der Waals surface area contributed by atoms with Gasteiger partial charge in [-0.05, 0) is 0 Å². The van der Waals surface area contributed by atoms with Crippen LogP contribution in [0.1, 0.15) is 19.8 Å². The fraction of sp³-hybridized carbons (Fsp3) is 0.385. The van der Waals surface area contributed by atoms with Gasteiger partial charge in [-0.1, -0.05) is 0 Å². The zero-order chi connectivity index (χ0) is 10.8. The molecule has 0 N–H and O–H groups in total. The standard InChI is InChI=1S/C6H7.C5H5.C2H7Ge.2ClH.Zr/c1-6-4-2-3-5-6;1-2-4-5-3-1;1-3-2;;;/h2,4H,3H2,1H3;1-3H,4H2;3H,1-2H3;2*1H;/q;;;;;+2/p-2. The Bertz CT molecular complexity index is 381. The summed E-state index contributed by atoms with van der Waals surface area (Å²) in [4.78, 5) is 0. The summed E-state index contributed by atoms with van der Waals surface area (Å²) in [7, 11) is -0.911. The van der Waals surface area contributed by atoms with Crippen molar-refractivity contribution < 1.29 is 44.1 Å². The van der Waals surface area contributed by atoms with Gasteiger partial charge >= 0.3 is 104 Å². The minimum atomic E-state index is -1.30. The minimum Gasteiger partial charge on any atom is -1.00 e. The molecule has 0 amide bonds. The summed E-state index contributed by atoms with van der Waals surface area (Å²) in [5, 5.41) is 0. The maximum atomic E-state index is 2.61. The molecule has 0 aromatic carbocycles. The normalized spacial score (nSPS) is 17.1. The van der Waals surface area contributed by atoms with Gasteiger partial charge < -0.3 is 24.8 Å². The molecule has 0 fully saturated rings. The van der Waals surface area contributed by atoms with E-state index in [1.807, 2.05) is 6.56 Å². The molecule has 2 aliphatic carbocycles. The molecule has 0 unspecified atom stereocenters. The van der Waals surface area contributed by atoms with Crippen LogP contribution < -0.4 is 24.8 Å². The molecule has 93 valence electrons. The van der Waals surface area contributed by atoms with Crippen LogP contribution in [0.25, 0.3) is 0 Å². The van der Waals surface area contributed by atoms with Crippen molar-refractivity contribution in [3.63, 3.8) is 0 Å². The third kappa shape index (κ3) is 4.23. The summed E-state index contributed by atoms with van der Waals surface area (Å²) in [5.41, 5.74) is 1.62. The molecule has 0 bridgehead atoms. The molecule has 0 aromatic rings. The van der Waals surface area contributed by atoms with Gasteiger partial charge in [0.25, 0.3) is 0 Å². The Morgan fingerprint density at radius 2 is 1.82 bits per heavy atom. The van der Waals surface area contributed by atoms with E-state index >= 15 is 0 Å². The number of hydrogen-bond acceptors (Lipinski definition) is 0. The van der Waals surface area contributed by atoms with Gasteiger partial charge in [0, 0.05) is 0 Å². The van der Waals surface area contributed by atoms with Crippen molar-refractivity contribution in [1.29, 1.82) is 0 Å². The first-order chi connectivity index (χ1) is 7.20. The molecule has 0 heterocycles. The van der Waals surface area contributed by atoms with Crippen molar-refractivity contribution in [2.24, 2.45) is 0 Å². The second-order valence-corrected chi connectivity index (χ2v) is 36.5. The van der Waals surface area contributed by atoms with Gasteiger partial charge in [0.1, 0.15) is 0 Å². The fourth-order valence-corrected chi connectivity index (χ4v) is 35.4. The van der Waals surface area contributed by atoms with E-state index in [1.165, 1.54) is 12.8 Å². The molecule has 0 nitrogen and oxygen atoms in total. The number of rotatable bonds is 3. The maximum absolute atomic E-state index is 2.61. The van der Waals surface area contributed by atoms with E-state index in [9.17, 15) is 0 Å². The second kappa shape index (κ2) is 8.20. The van der Waals surface area contributed by atoms with Crippen LogP contribution in [0.15, 0.2) is 42.5 Å². The average Bonchev–Trinajstić information content (AvgIpc) is 2.79. The summed E-state index contributed by atoms with van der Waals surface area (Å²) in [5.74, 6) is 5.22. The molecule has 0 saturated heterocycles. The zero-order valence-corrected chi connectivity index (χ0v) is 17.0. The Hall–Kier alpha value is 0.966. The Kier molecular flexibility index (Phi) is 8.67. The van der Waals surface area contributed by atoms with E-state index in [2.05, 4.69) is 48.8 Å². The van der Waals surface area contributed by atoms with Crippen LogP contribution in [-0.2, 0) is 19.2 Å². The van der Waals surface area contributed by atoms with Gasteiger partial charge in [-0.15, -0.1) is 0 Å². The van der Waals surface area contributed by atoms with Crippen molar-refractivity contribution in [3.05, 3.63) is 42.5 Å². The Morgan fingerprint density at radius 3 is 2.24 bits per heavy atom. The molecule has 2 aliphatic rings. The van der Waals surface area contributed by atoms with Crippen LogP contribution in [0, 0.1) is 0 Å². The van der Waals surface area contributed by atoms with Crippen LogP contribution in [0.5, 0.6) is 0 Å². The molecule has 0 aliphatic heterocycles. The van der Waals surface area contributed by atoms with Crippen molar-refractivity contribution in [2.45, 2.75) is 31.3 Å². The van der Waals surface area contributed by atoms with E-state index in [0.717, 1.165) is 0 Å². The van der Waals surface area contributed by atoms with Crippen LogP contribution in [0.4, 0.5) is 0 Å². The van der Waals surface area contributed by atoms with E-state index in [1.54, 1.807) is 5.57 Å². The van der Waals surface area contributed by atoms with Crippen LogP contribution in [0.3, 0.4) is 0 Å². The molecule has 17 heavy (non-hydrogen) atoms. The van der Waals surface area contributed by atoms with Gasteiger partial charge in [0.2, 0.25) is 0 Å². The molecule has 0 atom stereocenters. The SMILES string of the molecule is CC1=[C]([Zr+2]([C]2=CC=CC2)[GeH]([CH3])[CH3])CC=C1.[Cl-].[Cl-]. The van der Waals surface area contributed by atoms with Crippen molar-refractivity contribution >= 4 is 10.6 Å². The fourth-order valence-electron chi connectivity index (χ4n) is 2.50. The molecular formula is C13H19Cl2GeZr. The summed E-state index contributed by atoms with van der Waals surface area (Å²) in [6.45, 7) is 2.33. The molecule has 2 rings (SSSR count). The zero-order valence-electron chi connectivity index (χ0n) is 10.6. The van der Waals surface area contributed by atoms with Crippen molar-refractivity contribution in [1.82, 2.24) is 0 Å². The summed E-state index contributed by atoms with van der Waals surface area (Å²) in [6.07, 6.45) is 14.4. The first-order valence-corrected chi connectivity index (χ1v) is 21.7. The molecule has 0 aromatic heterocycles. The van der Waals surface area contributed by atoms with Crippen LogP contribution in [0.2, 0.25) is 11.5 Å². The van der Waals surface area contributed by atoms with E-state index in [-0.39, 0.29) is 24.8 Å². The first-order valence-electron chi connectivity index (χ1n) is 5.79. The van der Waals surface area contributed by atoms with Gasteiger partial charge in [0.15, 0.2) is 0 Å². The molecule has 0 saturated carbocycles. The quantitative estimate of drug-likeness (QED) is 0.459. The van der Waals surface area contributed by atoms with Crippen molar-refractivity contribution in [3.8, 4) is 0 Å². The molecule has 0 radical (unpaired) electrons. The van der Waals surface area contributed by atoms with Crippen LogP contribution in [-0.4, -0.2) is 10.6 Å². The second-order valence-electron chi connectivity index (χ2n) is 4.66. The predicted octanol–water partition coefficient (Wildman–Crippen LogP) is -2.33. The molecular weight excluding hydrogens is 391 g/mol. The number of halogens is 2. The first kappa shape index (κ1) is 18.0. The number of hydrogen-bond donors (Lipinski definition) is 0. The maximum Gasteiger partial charge on any atom is -1.00 e. The largest absolute Gasteiger partial charge is 1.00 e. The smallest absolute Gasteiger partial charge is 1.00 e. The monoisotopic (exact) mass is 409 g/mol. The Morgan fingerprint density at radius 1 is 1.12 bits per heavy atom. The number of allylic oxidation sites excluding steroid dienone is 8. The van der Waals surface area contributed by atoms with Crippen LogP contribution >= 0.6 is 0 Å². The van der Waals surface area contributed by atoms with E-state index in [4.69, 9.17) is 0 Å². The van der Waals surface area contributed by atoms with E-state index < -0.39 is 29.8 Å². The average molecular weight is 410 g/mol. The third-order valence-electron chi connectivity index (χ3n) is 3.19. The van der Waals surface area contributed by atoms with Gasteiger partial charge in [-0.3, -0.25) is 0 Å². The van der Waals surface area contributed by atoms with E-state index in [0.29, 0.717) is 0 Å². The molecule has 4 heteroatoms. The van der Waals surface area contributed by atoms with Gasteiger partial charge in [-0.2, -0.15) is 0 Å². The topological polar surface area (TPSA) is 0 Å². The third-order valence-corrected chi connectivity index (χ3v) is 35.0. The Balaban J connectivity index is 0.00000128. The van der Waals surface area contributed by atoms with Gasteiger partial charge in [-0.25, -0.2) is 0 Å². The molecule has 0 spiro atoms.